The molecule has 0 saturated carbocycles. The molecule has 0 unspecified atom stereocenters. The third-order valence-corrected chi connectivity index (χ3v) is 3.63. The fraction of sp³-hybridized carbons (Fsp3) is 0.200. The Morgan fingerprint density at radius 1 is 0.821 bits per heavy atom. The number of amides is 1. The van der Waals surface area contributed by atoms with E-state index in [1.165, 1.54) is 32.4 Å². The van der Waals surface area contributed by atoms with Crippen LogP contribution in [0.3, 0.4) is 0 Å². The van der Waals surface area contributed by atoms with E-state index in [0.717, 1.165) is 0 Å². The first-order valence-electron chi connectivity index (χ1n) is 8.30. The van der Waals surface area contributed by atoms with Crippen LogP contribution in [-0.2, 0) is 14.3 Å². The van der Waals surface area contributed by atoms with Crippen LogP contribution in [0.25, 0.3) is 0 Å². The predicted octanol–water partition coefficient (Wildman–Crippen LogP) is 1.99. The van der Waals surface area contributed by atoms with E-state index in [0.29, 0.717) is 5.56 Å². The fourth-order valence-corrected chi connectivity index (χ4v) is 2.28. The van der Waals surface area contributed by atoms with Crippen molar-refractivity contribution in [3.8, 4) is 5.75 Å². The molecule has 1 amide bonds. The predicted molar refractivity (Wildman–Crippen MR) is 98.1 cm³/mol. The van der Waals surface area contributed by atoms with Gasteiger partial charge in [0.25, 0.3) is 5.91 Å². The second-order valence-corrected chi connectivity index (χ2v) is 5.58. The van der Waals surface area contributed by atoms with Gasteiger partial charge in [-0.3, -0.25) is 9.59 Å². The second-order valence-electron chi connectivity index (χ2n) is 5.58. The van der Waals surface area contributed by atoms with Gasteiger partial charge in [-0.25, -0.2) is 9.59 Å². The summed E-state index contributed by atoms with van der Waals surface area (Å²) in [5.74, 6) is -2.36. The highest BCUT2D eigenvalue weighted by Crippen LogP contribution is 2.19. The first kappa shape index (κ1) is 20.6. The van der Waals surface area contributed by atoms with Gasteiger partial charge in [-0.1, -0.05) is 18.2 Å². The van der Waals surface area contributed by atoms with E-state index in [2.05, 4.69) is 14.8 Å². The monoisotopic (exact) mass is 385 g/mol. The first-order valence-corrected chi connectivity index (χ1v) is 8.30. The number of hydrogen-bond acceptors (Lipinski definition) is 7. The number of hydrogen-bond donors (Lipinski definition) is 1. The number of benzene rings is 2. The zero-order valence-corrected chi connectivity index (χ0v) is 15.4. The second kappa shape index (κ2) is 9.86. The van der Waals surface area contributed by atoms with Gasteiger partial charge in [-0.2, -0.15) is 0 Å². The van der Waals surface area contributed by atoms with Crippen molar-refractivity contribution >= 4 is 23.8 Å². The van der Waals surface area contributed by atoms with Crippen LogP contribution in [0.5, 0.6) is 5.75 Å². The molecule has 2 rings (SSSR count). The number of methoxy groups -OCH3 is 2. The molecule has 1 N–H and O–H groups in total. The molecular formula is C20H19NO7. The van der Waals surface area contributed by atoms with Gasteiger partial charge in [-0.05, 0) is 30.3 Å². The van der Waals surface area contributed by atoms with Crippen LogP contribution >= 0.6 is 0 Å². The summed E-state index contributed by atoms with van der Waals surface area (Å²) in [6.07, 6.45) is -0.103. The molecule has 2 aromatic rings. The quantitative estimate of drug-likeness (QED) is 0.573. The fourth-order valence-electron chi connectivity index (χ4n) is 2.28. The lowest BCUT2D eigenvalue weighted by atomic mass is 10.1. The highest BCUT2D eigenvalue weighted by Gasteiger charge is 2.16. The minimum atomic E-state index is -0.696. The molecule has 0 spiro atoms. The van der Waals surface area contributed by atoms with E-state index >= 15 is 0 Å². The first-order chi connectivity index (χ1) is 13.4. The molecule has 0 radical (unpaired) electrons. The number of carbonyl (C=O) groups excluding carboxylic acids is 4. The minimum absolute atomic E-state index is 0.0114. The summed E-state index contributed by atoms with van der Waals surface area (Å²) in [7, 11) is 2.38. The Kier molecular flexibility index (Phi) is 7.27. The Morgan fingerprint density at radius 2 is 1.39 bits per heavy atom. The van der Waals surface area contributed by atoms with Crippen LogP contribution in [0.15, 0.2) is 48.5 Å². The maximum Gasteiger partial charge on any atom is 0.338 e. The molecule has 0 heterocycles. The Morgan fingerprint density at radius 3 is 1.93 bits per heavy atom. The van der Waals surface area contributed by atoms with Crippen molar-refractivity contribution < 1.29 is 33.4 Å². The molecule has 0 saturated heterocycles. The maximum atomic E-state index is 12.0. The summed E-state index contributed by atoms with van der Waals surface area (Å²) >= 11 is 0. The number of ether oxygens (including phenoxy) is 3. The van der Waals surface area contributed by atoms with E-state index in [1.54, 1.807) is 30.3 Å². The number of rotatable bonds is 7. The maximum absolute atomic E-state index is 12.0. The van der Waals surface area contributed by atoms with Gasteiger partial charge in [-0.15, -0.1) is 0 Å². The Labute approximate surface area is 161 Å². The van der Waals surface area contributed by atoms with E-state index < -0.39 is 17.9 Å². The van der Waals surface area contributed by atoms with Crippen LogP contribution in [0.2, 0.25) is 0 Å². The van der Waals surface area contributed by atoms with E-state index in [1.807, 2.05) is 0 Å². The van der Waals surface area contributed by atoms with E-state index in [-0.39, 0.29) is 35.7 Å². The molecule has 0 aliphatic heterocycles. The summed E-state index contributed by atoms with van der Waals surface area (Å²) in [4.78, 5) is 47.4. The molecule has 0 aliphatic rings. The van der Waals surface area contributed by atoms with Gasteiger partial charge in [0.1, 0.15) is 5.75 Å². The van der Waals surface area contributed by atoms with Crippen molar-refractivity contribution in [2.45, 2.75) is 6.42 Å². The van der Waals surface area contributed by atoms with Crippen LogP contribution < -0.4 is 10.1 Å². The molecule has 0 fully saturated rings. The third kappa shape index (κ3) is 5.66. The standard InChI is InChI=1S/C20H19NO7/c1-26-19(24)14-10-15(20(25)27-2)12-16(11-14)28-17(22)8-9-21-18(23)13-6-4-3-5-7-13/h3-7,10-12H,8-9H2,1-2H3,(H,21,23). The molecule has 0 bridgehead atoms. The zero-order valence-electron chi connectivity index (χ0n) is 15.4. The van der Waals surface area contributed by atoms with Gasteiger partial charge in [0.05, 0.1) is 31.8 Å². The number of nitrogens with one attached hydrogen (secondary N) is 1. The molecule has 8 heteroatoms. The van der Waals surface area contributed by atoms with Crippen molar-refractivity contribution in [2.24, 2.45) is 0 Å². The molecule has 8 nitrogen and oxygen atoms in total. The molecule has 0 aliphatic carbocycles. The average Bonchev–Trinajstić information content (AvgIpc) is 2.72. The Balaban J connectivity index is 1.99. The Bertz CT molecular complexity index is 843. The van der Waals surface area contributed by atoms with Gasteiger partial charge >= 0.3 is 17.9 Å². The summed E-state index contributed by atoms with van der Waals surface area (Å²) in [5.41, 5.74) is 0.542. The normalized spacial score (nSPS) is 9.93. The van der Waals surface area contributed by atoms with Crippen LogP contribution in [0.1, 0.15) is 37.5 Å². The van der Waals surface area contributed by atoms with Gasteiger partial charge in [0.15, 0.2) is 0 Å². The lowest BCUT2D eigenvalue weighted by molar-refractivity contribution is -0.134. The van der Waals surface area contributed by atoms with E-state index in [9.17, 15) is 19.2 Å². The molecule has 146 valence electrons. The Hall–Kier alpha value is -3.68. The molecule has 28 heavy (non-hydrogen) atoms. The SMILES string of the molecule is COC(=O)c1cc(OC(=O)CCNC(=O)c2ccccc2)cc(C(=O)OC)c1. The minimum Gasteiger partial charge on any atom is -0.465 e. The number of carbonyl (C=O) groups is 4. The largest absolute Gasteiger partial charge is 0.465 e. The van der Waals surface area contributed by atoms with Crippen LogP contribution in [-0.4, -0.2) is 44.6 Å². The summed E-state index contributed by atoms with van der Waals surface area (Å²) in [6.45, 7) is 0.0626. The van der Waals surface area contributed by atoms with E-state index in [4.69, 9.17) is 4.74 Å². The summed E-state index contributed by atoms with van der Waals surface area (Å²) < 4.78 is 14.4. The topological polar surface area (TPSA) is 108 Å². The summed E-state index contributed by atoms with van der Waals surface area (Å²) in [5, 5.41) is 2.61. The summed E-state index contributed by atoms with van der Waals surface area (Å²) in [6, 6.07) is 12.4. The van der Waals surface area contributed by atoms with Crippen molar-refractivity contribution in [1.82, 2.24) is 5.32 Å². The number of esters is 3. The molecule has 0 atom stereocenters. The lowest BCUT2D eigenvalue weighted by Crippen LogP contribution is -2.27. The van der Waals surface area contributed by atoms with Gasteiger partial charge in [0, 0.05) is 12.1 Å². The third-order valence-electron chi connectivity index (χ3n) is 3.63. The van der Waals surface area contributed by atoms with Crippen molar-refractivity contribution in [1.29, 1.82) is 0 Å². The van der Waals surface area contributed by atoms with Crippen LogP contribution in [0, 0.1) is 0 Å². The average molecular weight is 385 g/mol. The van der Waals surface area contributed by atoms with Crippen molar-refractivity contribution in [2.75, 3.05) is 20.8 Å². The van der Waals surface area contributed by atoms with Gasteiger partial charge in [0.2, 0.25) is 0 Å². The highest BCUT2D eigenvalue weighted by molar-refractivity contribution is 5.96. The lowest BCUT2D eigenvalue weighted by Gasteiger charge is -2.09. The molecule has 2 aromatic carbocycles. The van der Waals surface area contributed by atoms with Crippen LogP contribution in [0.4, 0.5) is 0 Å². The molecular weight excluding hydrogens is 366 g/mol. The molecule has 0 aromatic heterocycles. The highest BCUT2D eigenvalue weighted by atomic mass is 16.5. The zero-order chi connectivity index (χ0) is 20.5. The van der Waals surface area contributed by atoms with Crippen molar-refractivity contribution in [3.63, 3.8) is 0 Å². The smallest absolute Gasteiger partial charge is 0.338 e. The van der Waals surface area contributed by atoms with Crippen molar-refractivity contribution in [3.05, 3.63) is 65.2 Å². The van der Waals surface area contributed by atoms with Gasteiger partial charge < -0.3 is 19.5 Å².